The molecular weight excluding hydrogens is 306 g/mol. The predicted octanol–water partition coefficient (Wildman–Crippen LogP) is 3.75. The number of halogens is 2. The summed E-state index contributed by atoms with van der Waals surface area (Å²) in [5, 5.41) is 2.21. The standard InChI is InChI=1S/C11H10BrN.BrH/c12-6-5-9-3-4-10-2-1-7-13-11(10)8-9;/h1-4,7-8H,5-6H2;1H. The summed E-state index contributed by atoms with van der Waals surface area (Å²) in [6.07, 6.45) is 2.90. The number of benzene rings is 1. The largest absolute Gasteiger partial charge is 0.256 e. The molecule has 0 atom stereocenters. The molecule has 0 fully saturated rings. The van der Waals surface area contributed by atoms with Crippen LogP contribution in [0.15, 0.2) is 36.5 Å². The van der Waals surface area contributed by atoms with E-state index in [1.807, 2.05) is 12.3 Å². The highest BCUT2D eigenvalue weighted by atomic mass is 79.9. The van der Waals surface area contributed by atoms with Crippen molar-refractivity contribution >= 4 is 43.8 Å². The van der Waals surface area contributed by atoms with Crippen molar-refractivity contribution in [2.45, 2.75) is 6.42 Å². The van der Waals surface area contributed by atoms with Gasteiger partial charge in [0.2, 0.25) is 0 Å². The Kier molecular flexibility index (Phi) is 4.55. The van der Waals surface area contributed by atoms with Crippen LogP contribution in [0.2, 0.25) is 0 Å². The van der Waals surface area contributed by atoms with E-state index in [4.69, 9.17) is 0 Å². The Morgan fingerprint density at radius 1 is 1.21 bits per heavy atom. The van der Waals surface area contributed by atoms with Crippen molar-refractivity contribution in [2.24, 2.45) is 0 Å². The van der Waals surface area contributed by atoms with Gasteiger partial charge in [0.05, 0.1) is 5.52 Å². The number of hydrogen-bond donors (Lipinski definition) is 0. The van der Waals surface area contributed by atoms with E-state index >= 15 is 0 Å². The highest BCUT2D eigenvalue weighted by Gasteiger charge is 1.95. The molecule has 1 aromatic heterocycles. The quantitative estimate of drug-likeness (QED) is 0.769. The van der Waals surface area contributed by atoms with E-state index in [1.165, 1.54) is 10.9 Å². The van der Waals surface area contributed by atoms with Crippen LogP contribution in [0, 0.1) is 0 Å². The normalized spacial score (nSPS) is 9.79. The van der Waals surface area contributed by atoms with Gasteiger partial charge in [-0.25, -0.2) is 0 Å². The first-order valence-electron chi connectivity index (χ1n) is 4.30. The van der Waals surface area contributed by atoms with Gasteiger partial charge in [0.1, 0.15) is 0 Å². The summed E-state index contributed by atoms with van der Waals surface area (Å²) in [6, 6.07) is 10.5. The van der Waals surface area contributed by atoms with E-state index in [-0.39, 0.29) is 17.0 Å². The first-order chi connectivity index (χ1) is 6.40. The SMILES string of the molecule is Br.BrCCc1ccc2cccnc2c1. The average molecular weight is 317 g/mol. The van der Waals surface area contributed by atoms with Crippen molar-refractivity contribution in [1.29, 1.82) is 0 Å². The van der Waals surface area contributed by atoms with Crippen molar-refractivity contribution < 1.29 is 0 Å². The maximum Gasteiger partial charge on any atom is 0.0704 e. The maximum atomic E-state index is 4.31. The molecular formula is C11H11Br2N. The second kappa shape index (κ2) is 5.47. The van der Waals surface area contributed by atoms with E-state index in [1.54, 1.807) is 0 Å². The fourth-order valence-corrected chi connectivity index (χ4v) is 1.83. The third-order valence-electron chi connectivity index (χ3n) is 2.05. The summed E-state index contributed by atoms with van der Waals surface area (Å²) in [5.41, 5.74) is 2.42. The molecule has 1 heterocycles. The minimum atomic E-state index is 0. The molecule has 74 valence electrons. The number of fused-ring (bicyclic) bond motifs is 1. The van der Waals surface area contributed by atoms with Crippen LogP contribution >= 0.6 is 32.9 Å². The van der Waals surface area contributed by atoms with Crippen molar-refractivity contribution in [2.75, 3.05) is 5.33 Å². The van der Waals surface area contributed by atoms with Crippen LogP contribution in [-0.2, 0) is 6.42 Å². The van der Waals surface area contributed by atoms with Crippen LogP contribution in [0.1, 0.15) is 5.56 Å². The van der Waals surface area contributed by atoms with E-state index in [2.05, 4.69) is 45.2 Å². The Bertz CT molecular complexity index is 415. The van der Waals surface area contributed by atoms with Crippen molar-refractivity contribution in [3.8, 4) is 0 Å². The smallest absolute Gasteiger partial charge is 0.0704 e. The van der Waals surface area contributed by atoms with Crippen LogP contribution in [0.3, 0.4) is 0 Å². The summed E-state index contributed by atoms with van der Waals surface area (Å²) in [4.78, 5) is 4.31. The second-order valence-corrected chi connectivity index (χ2v) is 3.76. The summed E-state index contributed by atoms with van der Waals surface area (Å²) in [5.74, 6) is 0. The monoisotopic (exact) mass is 315 g/mol. The van der Waals surface area contributed by atoms with E-state index in [0.29, 0.717) is 0 Å². The number of aromatic nitrogens is 1. The molecule has 1 nitrogen and oxygen atoms in total. The number of hydrogen-bond acceptors (Lipinski definition) is 1. The Morgan fingerprint density at radius 2 is 2.07 bits per heavy atom. The molecule has 0 N–H and O–H groups in total. The second-order valence-electron chi connectivity index (χ2n) is 2.97. The van der Waals surface area contributed by atoms with E-state index < -0.39 is 0 Å². The summed E-state index contributed by atoms with van der Waals surface area (Å²) in [7, 11) is 0. The van der Waals surface area contributed by atoms with Crippen molar-refractivity contribution in [3.05, 3.63) is 42.1 Å². The van der Waals surface area contributed by atoms with Gasteiger partial charge in [-0.15, -0.1) is 17.0 Å². The lowest BCUT2D eigenvalue weighted by Gasteiger charge is -2.00. The van der Waals surface area contributed by atoms with E-state index in [0.717, 1.165) is 17.3 Å². The first-order valence-corrected chi connectivity index (χ1v) is 5.42. The van der Waals surface area contributed by atoms with Crippen LogP contribution in [0.25, 0.3) is 10.9 Å². The zero-order valence-electron chi connectivity index (χ0n) is 7.61. The number of nitrogens with zero attached hydrogens (tertiary/aromatic N) is 1. The highest BCUT2D eigenvalue weighted by Crippen LogP contribution is 2.13. The third-order valence-corrected chi connectivity index (χ3v) is 2.45. The molecule has 1 aromatic carbocycles. The lowest BCUT2D eigenvalue weighted by Crippen LogP contribution is -1.86. The molecule has 0 aliphatic carbocycles. The van der Waals surface area contributed by atoms with Gasteiger partial charge >= 0.3 is 0 Å². The van der Waals surface area contributed by atoms with Gasteiger partial charge in [-0.1, -0.05) is 34.1 Å². The fourth-order valence-electron chi connectivity index (χ4n) is 1.38. The Labute approximate surface area is 102 Å². The molecule has 0 amide bonds. The zero-order valence-corrected chi connectivity index (χ0v) is 10.9. The molecule has 0 unspecified atom stereocenters. The molecule has 0 saturated heterocycles. The minimum absolute atomic E-state index is 0. The molecule has 0 spiro atoms. The first kappa shape index (κ1) is 11.7. The Morgan fingerprint density at radius 3 is 2.86 bits per heavy atom. The van der Waals surface area contributed by atoms with Crippen LogP contribution in [0.5, 0.6) is 0 Å². The molecule has 2 aromatic rings. The third kappa shape index (κ3) is 2.55. The molecule has 2 rings (SSSR count). The Hall–Kier alpha value is -0.410. The molecule has 14 heavy (non-hydrogen) atoms. The van der Waals surface area contributed by atoms with Gasteiger partial charge in [-0.3, -0.25) is 4.98 Å². The van der Waals surface area contributed by atoms with Gasteiger partial charge in [-0.2, -0.15) is 0 Å². The zero-order chi connectivity index (χ0) is 9.10. The maximum absolute atomic E-state index is 4.31. The fraction of sp³-hybridized carbons (Fsp3) is 0.182. The Balaban J connectivity index is 0.000000980. The molecule has 0 radical (unpaired) electrons. The lowest BCUT2D eigenvalue weighted by atomic mass is 10.1. The molecule has 0 bridgehead atoms. The average Bonchev–Trinajstić information content (AvgIpc) is 2.18. The van der Waals surface area contributed by atoms with Gasteiger partial charge in [0, 0.05) is 16.9 Å². The highest BCUT2D eigenvalue weighted by molar-refractivity contribution is 9.09. The van der Waals surface area contributed by atoms with E-state index in [9.17, 15) is 0 Å². The van der Waals surface area contributed by atoms with Crippen molar-refractivity contribution in [1.82, 2.24) is 4.98 Å². The van der Waals surface area contributed by atoms with Crippen LogP contribution < -0.4 is 0 Å². The summed E-state index contributed by atoms with van der Waals surface area (Å²) in [6.45, 7) is 0. The van der Waals surface area contributed by atoms with Gasteiger partial charge in [-0.05, 0) is 24.1 Å². The van der Waals surface area contributed by atoms with Crippen LogP contribution in [0.4, 0.5) is 0 Å². The van der Waals surface area contributed by atoms with Gasteiger partial charge in [0.15, 0.2) is 0 Å². The number of alkyl halides is 1. The lowest BCUT2D eigenvalue weighted by molar-refractivity contribution is 1.17. The number of rotatable bonds is 2. The number of aryl methyl sites for hydroxylation is 1. The molecule has 3 heteroatoms. The number of pyridine rings is 1. The molecule has 0 saturated carbocycles. The summed E-state index contributed by atoms with van der Waals surface area (Å²) >= 11 is 3.43. The minimum Gasteiger partial charge on any atom is -0.256 e. The van der Waals surface area contributed by atoms with Crippen molar-refractivity contribution in [3.63, 3.8) is 0 Å². The molecule has 0 aliphatic heterocycles. The summed E-state index contributed by atoms with van der Waals surface area (Å²) < 4.78 is 0. The van der Waals surface area contributed by atoms with Gasteiger partial charge < -0.3 is 0 Å². The molecule has 0 aliphatic rings. The topological polar surface area (TPSA) is 12.9 Å². The van der Waals surface area contributed by atoms with Gasteiger partial charge in [0.25, 0.3) is 0 Å². The predicted molar refractivity (Wildman–Crippen MR) is 69.6 cm³/mol. The van der Waals surface area contributed by atoms with Crippen LogP contribution in [-0.4, -0.2) is 10.3 Å².